The second kappa shape index (κ2) is 9.53. The van der Waals surface area contributed by atoms with Gasteiger partial charge in [-0.2, -0.15) is 0 Å². The first-order valence-corrected chi connectivity index (χ1v) is 14.1. The van der Waals surface area contributed by atoms with Gasteiger partial charge >= 0.3 is 0 Å². The minimum Gasteiger partial charge on any atom is -0.341 e. The van der Waals surface area contributed by atoms with E-state index in [-0.39, 0.29) is 23.3 Å². The fourth-order valence-electron chi connectivity index (χ4n) is 7.99. The second-order valence-corrected chi connectivity index (χ2v) is 11.1. The maximum atomic E-state index is 7.40. The number of fused-ring (bicyclic) bond motifs is 7. The van der Waals surface area contributed by atoms with Crippen LogP contribution in [0.4, 0.5) is 11.4 Å². The molecule has 0 amide bonds. The van der Waals surface area contributed by atoms with E-state index in [2.05, 4.69) is 119 Å². The molecule has 7 rings (SSSR count). The number of ether oxygens (including phenoxy) is 1. The van der Waals surface area contributed by atoms with Crippen molar-refractivity contribution in [3.63, 3.8) is 0 Å². The van der Waals surface area contributed by atoms with Gasteiger partial charge in [0.05, 0.1) is 10.8 Å². The molecule has 198 valence electrons. The van der Waals surface area contributed by atoms with Gasteiger partial charge in [-0.05, 0) is 60.3 Å². The topological polar surface area (TPSA) is 67.8 Å². The molecular weight excluding hydrogens is 480 g/mol. The van der Waals surface area contributed by atoms with Crippen LogP contribution in [0, 0.1) is 0 Å². The Labute approximate surface area is 231 Å². The lowest BCUT2D eigenvalue weighted by atomic mass is 9.55. The number of nitrogens with two attached hydrogens (primary N) is 2. The van der Waals surface area contributed by atoms with Crippen molar-refractivity contribution in [1.82, 2.24) is 0 Å². The van der Waals surface area contributed by atoms with E-state index in [1.807, 2.05) is 0 Å². The van der Waals surface area contributed by atoms with E-state index in [1.165, 1.54) is 33.6 Å². The highest BCUT2D eigenvalue weighted by atomic mass is 16.5. The summed E-state index contributed by atoms with van der Waals surface area (Å²) in [7, 11) is 0. The van der Waals surface area contributed by atoms with Crippen molar-refractivity contribution in [2.45, 2.75) is 49.2 Å². The molecule has 3 aliphatic heterocycles. The van der Waals surface area contributed by atoms with Crippen molar-refractivity contribution in [2.75, 3.05) is 22.9 Å². The summed E-state index contributed by atoms with van der Waals surface area (Å²) in [6.45, 7) is 2.71. The number of nitrogens with zero attached hydrogens (tertiary/aromatic N) is 2. The lowest BCUT2D eigenvalue weighted by molar-refractivity contribution is 0.0228. The molecule has 0 aromatic heterocycles. The molecule has 5 heteroatoms. The van der Waals surface area contributed by atoms with E-state index in [1.54, 1.807) is 0 Å². The normalized spacial score (nSPS) is 26.3. The van der Waals surface area contributed by atoms with Crippen LogP contribution < -0.4 is 21.3 Å². The lowest BCUT2D eigenvalue weighted by Crippen LogP contribution is -2.56. The summed E-state index contributed by atoms with van der Waals surface area (Å²) in [5, 5.41) is 0. The number of rotatable bonds is 8. The summed E-state index contributed by atoms with van der Waals surface area (Å²) in [5.74, 6) is 0. The van der Waals surface area contributed by atoms with Crippen LogP contribution in [0.3, 0.4) is 0 Å². The van der Waals surface area contributed by atoms with Gasteiger partial charge in [-0.25, -0.2) is 0 Å². The zero-order valence-electron chi connectivity index (χ0n) is 22.2. The van der Waals surface area contributed by atoms with Gasteiger partial charge in [-0.1, -0.05) is 97.1 Å². The highest BCUT2D eigenvalue weighted by Crippen LogP contribution is 2.69. The van der Waals surface area contributed by atoms with Crippen LogP contribution in [0.15, 0.2) is 109 Å². The number of para-hydroxylation sites is 2. The summed E-state index contributed by atoms with van der Waals surface area (Å²) in [4.78, 5) is 4.97. The van der Waals surface area contributed by atoms with E-state index in [0.29, 0.717) is 13.1 Å². The Morgan fingerprint density at radius 2 is 0.923 bits per heavy atom. The molecule has 4 aromatic carbocycles. The highest BCUT2D eigenvalue weighted by Gasteiger charge is 2.74. The zero-order chi connectivity index (χ0) is 26.5. The highest BCUT2D eigenvalue weighted by molar-refractivity contribution is 5.74. The Bertz CT molecular complexity index is 1350. The van der Waals surface area contributed by atoms with Crippen molar-refractivity contribution in [1.29, 1.82) is 0 Å². The summed E-state index contributed by atoms with van der Waals surface area (Å²) >= 11 is 0. The Balaban J connectivity index is 1.45. The van der Waals surface area contributed by atoms with Gasteiger partial charge in [0.15, 0.2) is 0 Å². The maximum Gasteiger partial charge on any atom is 0.144 e. The average Bonchev–Trinajstić information content (AvgIpc) is 3.51. The zero-order valence-corrected chi connectivity index (χ0v) is 22.2. The molecule has 1 fully saturated rings. The van der Waals surface area contributed by atoms with Crippen LogP contribution in [0.5, 0.6) is 0 Å². The smallest absolute Gasteiger partial charge is 0.144 e. The lowest BCUT2D eigenvalue weighted by Gasteiger charge is -2.45. The Morgan fingerprint density at radius 3 is 1.33 bits per heavy atom. The largest absolute Gasteiger partial charge is 0.341 e. The van der Waals surface area contributed by atoms with Crippen molar-refractivity contribution < 1.29 is 4.74 Å². The molecule has 4 aromatic rings. The van der Waals surface area contributed by atoms with Gasteiger partial charge in [-0.15, -0.1) is 0 Å². The number of hydrogen-bond donors (Lipinski definition) is 2. The van der Waals surface area contributed by atoms with Gasteiger partial charge in [0.1, 0.15) is 12.5 Å². The number of hydrogen-bond acceptors (Lipinski definition) is 5. The van der Waals surface area contributed by atoms with Crippen molar-refractivity contribution in [2.24, 2.45) is 11.5 Å². The third-order valence-corrected chi connectivity index (χ3v) is 9.32. The molecule has 4 atom stereocenters. The molecule has 0 unspecified atom stereocenters. The molecule has 0 spiro atoms. The number of benzene rings is 4. The predicted molar refractivity (Wildman–Crippen MR) is 157 cm³/mol. The molecule has 1 saturated heterocycles. The Morgan fingerprint density at radius 1 is 0.538 bits per heavy atom. The molecular formula is C34H36N4O. The first-order valence-electron chi connectivity index (χ1n) is 14.1. The Kier molecular flexibility index (Phi) is 5.96. The first-order chi connectivity index (χ1) is 19.2. The van der Waals surface area contributed by atoms with Gasteiger partial charge in [-0.3, -0.25) is 0 Å². The molecule has 5 nitrogen and oxygen atoms in total. The monoisotopic (exact) mass is 516 g/mol. The van der Waals surface area contributed by atoms with E-state index in [4.69, 9.17) is 16.2 Å². The summed E-state index contributed by atoms with van der Waals surface area (Å²) in [6.07, 6.45) is 1.34. The van der Waals surface area contributed by atoms with Crippen LogP contribution in [-0.4, -0.2) is 25.5 Å². The van der Waals surface area contributed by atoms with Crippen LogP contribution in [0.1, 0.15) is 35.1 Å². The van der Waals surface area contributed by atoms with E-state index in [0.717, 1.165) is 25.9 Å². The minimum atomic E-state index is -0.335. The standard InChI is InChI=1S/C34H36N4O/c35-21-19-33-27-15-7-9-17-29(27)37(23-25-11-3-1-4-12-25)31(33)39-32-34(33,20-22-36)28-16-8-10-18-30(28)38(32)24-26-13-5-2-6-14-26/h1-18,31-32H,19-24,35-36H2/t31-,32-,33-,34-/m1/s1. The van der Waals surface area contributed by atoms with Crippen LogP contribution >= 0.6 is 0 Å². The van der Waals surface area contributed by atoms with Crippen molar-refractivity contribution in [3.05, 3.63) is 131 Å². The molecule has 0 aliphatic carbocycles. The van der Waals surface area contributed by atoms with Gasteiger partial charge in [0.2, 0.25) is 0 Å². The fourth-order valence-corrected chi connectivity index (χ4v) is 7.99. The SMILES string of the molecule is NCC[C@@]12c3ccccc3N(Cc3ccccc3)[C@@H]1O[C@H]1N(Cc3ccccc3)c3ccccc3[C@]12CCN. The molecule has 0 bridgehead atoms. The summed E-state index contributed by atoms with van der Waals surface area (Å²) in [5.41, 5.74) is 20.1. The van der Waals surface area contributed by atoms with Gasteiger partial charge in [0.25, 0.3) is 0 Å². The van der Waals surface area contributed by atoms with Crippen LogP contribution in [-0.2, 0) is 28.7 Å². The van der Waals surface area contributed by atoms with Gasteiger partial charge < -0.3 is 26.0 Å². The third kappa shape index (κ3) is 3.37. The fraction of sp³-hybridized carbons (Fsp3) is 0.294. The third-order valence-electron chi connectivity index (χ3n) is 9.32. The first kappa shape index (κ1) is 24.4. The average molecular weight is 517 g/mol. The van der Waals surface area contributed by atoms with Crippen molar-refractivity contribution >= 4 is 11.4 Å². The van der Waals surface area contributed by atoms with E-state index < -0.39 is 0 Å². The molecule has 3 aliphatic rings. The second-order valence-electron chi connectivity index (χ2n) is 11.1. The molecule has 0 saturated carbocycles. The molecule has 3 heterocycles. The maximum absolute atomic E-state index is 7.40. The van der Waals surface area contributed by atoms with E-state index in [9.17, 15) is 0 Å². The van der Waals surface area contributed by atoms with Crippen LogP contribution in [0.2, 0.25) is 0 Å². The van der Waals surface area contributed by atoms with E-state index >= 15 is 0 Å². The molecule has 39 heavy (non-hydrogen) atoms. The summed E-state index contributed by atoms with van der Waals surface area (Å²) in [6, 6.07) is 39.2. The molecule has 4 N–H and O–H groups in total. The Hall–Kier alpha value is -3.64. The van der Waals surface area contributed by atoms with Gasteiger partial charge in [0, 0.05) is 24.5 Å². The summed E-state index contributed by atoms with van der Waals surface area (Å²) < 4.78 is 7.40. The van der Waals surface area contributed by atoms with Crippen LogP contribution in [0.25, 0.3) is 0 Å². The minimum absolute atomic E-state index is 0.151. The number of anilines is 2. The predicted octanol–water partition coefficient (Wildman–Crippen LogP) is 5.28. The molecule has 0 radical (unpaired) electrons. The quantitative estimate of drug-likeness (QED) is 0.333. The van der Waals surface area contributed by atoms with Crippen molar-refractivity contribution in [3.8, 4) is 0 Å².